The largest absolute Gasteiger partial charge is 0.416 e. The molecule has 1 aromatic carbocycles. The van der Waals surface area contributed by atoms with E-state index < -0.39 is 11.7 Å². The monoisotopic (exact) mass is 260 g/mol. The third-order valence-electron chi connectivity index (χ3n) is 1.87. The Labute approximate surface area is 99.1 Å². The molecule has 2 rings (SSSR count). The minimum Gasteiger partial charge on any atom is -0.166 e. The fraction of sp³-hybridized carbons (Fsp3) is 0.0909. The van der Waals surface area contributed by atoms with Gasteiger partial charge >= 0.3 is 6.18 Å². The molecule has 0 fully saturated rings. The van der Waals surface area contributed by atoms with Crippen LogP contribution in [0.4, 0.5) is 13.2 Å². The summed E-state index contributed by atoms with van der Waals surface area (Å²) < 4.78 is 38.3. The highest BCUT2D eigenvalue weighted by Crippen LogP contribution is 2.35. The smallest absolute Gasteiger partial charge is 0.166 e. The fourth-order valence-corrected chi connectivity index (χ4v) is 2.98. The summed E-state index contributed by atoms with van der Waals surface area (Å²) in [5, 5.41) is 1.90. The Balaban J connectivity index is 2.23. The van der Waals surface area contributed by atoms with Gasteiger partial charge in [-0.25, -0.2) is 0 Å². The maximum absolute atomic E-state index is 12.4. The van der Waals surface area contributed by atoms with E-state index in [1.54, 1.807) is 6.07 Å². The minimum atomic E-state index is -4.27. The molecule has 0 aliphatic rings. The Morgan fingerprint density at radius 1 is 1.06 bits per heavy atom. The molecule has 0 nitrogen and oxygen atoms in total. The number of rotatable bonds is 2. The summed E-state index contributed by atoms with van der Waals surface area (Å²) in [6.45, 7) is 0. The normalized spacial score (nSPS) is 11.7. The standard InChI is InChI=1S/C11H7F3S2/c12-11(13,14)8-3-1-4-9(7-8)16-10-5-2-6-15-10/h1-7H. The van der Waals surface area contributed by atoms with Gasteiger partial charge in [-0.2, -0.15) is 13.2 Å². The Morgan fingerprint density at radius 2 is 1.88 bits per heavy atom. The molecule has 0 radical (unpaired) electrons. The van der Waals surface area contributed by atoms with Crippen LogP contribution in [0.5, 0.6) is 0 Å². The van der Waals surface area contributed by atoms with E-state index in [1.807, 2.05) is 17.5 Å². The lowest BCUT2D eigenvalue weighted by Crippen LogP contribution is -2.04. The lowest BCUT2D eigenvalue weighted by atomic mass is 10.2. The van der Waals surface area contributed by atoms with Gasteiger partial charge in [-0.15, -0.1) is 11.3 Å². The first-order chi connectivity index (χ1) is 7.55. The summed E-state index contributed by atoms with van der Waals surface area (Å²) in [5.41, 5.74) is -0.603. The highest BCUT2D eigenvalue weighted by Gasteiger charge is 2.30. The Kier molecular flexibility index (Phi) is 3.25. The van der Waals surface area contributed by atoms with Crippen molar-refractivity contribution in [2.75, 3.05) is 0 Å². The van der Waals surface area contributed by atoms with Gasteiger partial charge in [0.15, 0.2) is 0 Å². The Hall–Kier alpha value is -0.940. The average molecular weight is 260 g/mol. The van der Waals surface area contributed by atoms with Crippen LogP contribution in [0.3, 0.4) is 0 Å². The molecule has 0 saturated carbocycles. The molecule has 1 aromatic heterocycles. The highest BCUT2D eigenvalue weighted by molar-refractivity contribution is 8.01. The van der Waals surface area contributed by atoms with Crippen LogP contribution in [0.1, 0.15) is 5.56 Å². The molecule has 0 aliphatic heterocycles. The highest BCUT2D eigenvalue weighted by atomic mass is 32.2. The number of benzene rings is 1. The van der Waals surface area contributed by atoms with Crippen LogP contribution in [0.25, 0.3) is 0 Å². The van der Waals surface area contributed by atoms with Gasteiger partial charge in [0.2, 0.25) is 0 Å². The van der Waals surface area contributed by atoms with Gasteiger partial charge in [-0.1, -0.05) is 23.9 Å². The maximum atomic E-state index is 12.4. The zero-order valence-electron chi connectivity index (χ0n) is 7.99. The van der Waals surface area contributed by atoms with E-state index in [0.717, 1.165) is 10.3 Å². The lowest BCUT2D eigenvalue weighted by Gasteiger charge is -2.07. The van der Waals surface area contributed by atoms with Gasteiger partial charge in [0.05, 0.1) is 9.77 Å². The number of alkyl halides is 3. The van der Waals surface area contributed by atoms with E-state index in [9.17, 15) is 13.2 Å². The first-order valence-electron chi connectivity index (χ1n) is 4.44. The molecule has 0 bridgehead atoms. The van der Waals surface area contributed by atoms with Gasteiger partial charge < -0.3 is 0 Å². The SMILES string of the molecule is FC(F)(F)c1cccc(Sc2cccs2)c1. The predicted octanol–water partition coefficient (Wildman–Crippen LogP) is 4.92. The summed E-state index contributed by atoms with van der Waals surface area (Å²) in [4.78, 5) is 0.609. The average Bonchev–Trinajstić information content (AvgIpc) is 2.70. The van der Waals surface area contributed by atoms with Gasteiger partial charge in [-0.3, -0.25) is 0 Å². The first-order valence-corrected chi connectivity index (χ1v) is 6.14. The summed E-state index contributed by atoms with van der Waals surface area (Å²) in [6, 6.07) is 9.12. The molecule has 84 valence electrons. The fourth-order valence-electron chi connectivity index (χ4n) is 1.17. The molecule has 0 aliphatic carbocycles. The van der Waals surface area contributed by atoms with Crippen LogP contribution < -0.4 is 0 Å². The third kappa shape index (κ3) is 2.80. The van der Waals surface area contributed by atoms with Crippen molar-refractivity contribution in [1.82, 2.24) is 0 Å². The third-order valence-corrected chi connectivity index (χ3v) is 3.90. The van der Waals surface area contributed by atoms with E-state index in [2.05, 4.69) is 0 Å². The number of thiophene rings is 1. The van der Waals surface area contributed by atoms with Gasteiger partial charge in [0, 0.05) is 4.90 Å². The number of hydrogen-bond donors (Lipinski definition) is 0. The molecule has 16 heavy (non-hydrogen) atoms. The summed E-state index contributed by atoms with van der Waals surface area (Å²) >= 11 is 2.86. The second kappa shape index (κ2) is 4.51. The van der Waals surface area contributed by atoms with Crippen molar-refractivity contribution in [2.45, 2.75) is 15.3 Å². The number of hydrogen-bond acceptors (Lipinski definition) is 2. The van der Waals surface area contributed by atoms with Crippen molar-refractivity contribution >= 4 is 23.1 Å². The second-order valence-corrected chi connectivity index (χ2v) is 5.38. The molecule has 2 aromatic rings. The lowest BCUT2D eigenvalue weighted by molar-refractivity contribution is -0.137. The second-order valence-electron chi connectivity index (χ2n) is 3.06. The number of halogens is 3. The maximum Gasteiger partial charge on any atom is 0.416 e. The topological polar surface area (TPSA) is 0 Å². The zero-order valence-corrected chi connectivity index (χ0v) is 9.62. The van der Waals surface area contributed by atoms with E-state index in [4.69, 9.17) is 0 Å². The minimum absolute atomic E-state index is 0.603. The van der Waals surface area contributed by atoms with E-state index >= 15 is 0 Å². The van der Waals surface area contributed by atoms with Gasteiger partial charge in [0.25, 0.3) is 0 Å². The van der Waals surface area contributed by atoms with Gasteiger partial charge in [-0.05, 0) is 29.6 Å². The van der Waals surface area contributed by atoms with Crippen molar-refractivity contribution in [1.29, 1.82) is 0 Å². The van der Waals surface area contributed by atoms with Crippen molar-refractivity contribution in [2.24, 2.45) is 0 Å². The Morgan fingerprint density at radius 3 is 2.50 bits per heavy atom. The molecular weight excluding hydrogens is 253 g/mol. The van der Waals surface area contributed by atoms with Crippen molar-refractivity contribution in [3.63, 3.8) is 0 Å². The van der Waals surface area contributed by atoms with Crippen LogP contribution >= 0.6 is 23.1 Å². The van der Waals surface area contributed by atoms with Gasteiger partial charge in [0.1, 0.15) is 0 Å². The molecule has 0 spiro atoms. The van der Waals surface area contributed by atoms with Crippen LogP contribution in [0, 0.1) is 0 Å². The summed E-state index contributed by atoms with van der Waals surface area (Å²) in [6.07, 6.45) is -4.27. The van der Waals surface area contributed by atoms with E-state index in [-0.39, 0.29) is 0 Å². The molecular formula is C11H7F3S2. The molecule has 0 atom stereocenters. The zero-order chi connectivity index (χ0) is 11.6. The molecule has 0 unspecified atom stereocenters. The molecule has 5 heteroatoms. The van der Waals surface area contributed by atoms with Crippen LogP contribution in [0.2, 0.25) is 0 Å². The van der Waals surface area contributed by atoms with E-state index in [1.165, 1.54) is 35.2 Å². The summed E-state index contributed by atoms with van der Waals surface area (Å²) in [7, 11) is 0. The predicted molar refractivity (Wildman–Crippen MR) is 59.9 cm³/mol. The molecule has 0 saturated heterocycles. The van der Waals surface area contributed by atoms with Crippen molar-refractivity contribution < 1.29 is 13.2 Å². The first kappa shape index (κ1) is 11.5. The molecule has 0 N–H and O–H groups in total. The quantitative estimate of drug-likeness (QED) is 0.738. The van der Waals surface area contributed by atoms with Crippen molar-refractivity contribution in [3.8, 4) is 0 Å². The molecule has 0 amide bonds. The van der Waals surface area contributed by atoms with Crippen LogP contribution in [-0.2, 0) is 6.18 Å². The van der Waals surface area contributed by atoms with Crippen molar-refractivity contribution in [3.05, 3.63) is 47.3 Å². The van der Waals surface area contributed by atoms with Crippen LogP contribution in [0.15, 0.2) is 50.9 Å². The molecule has 1 heterocycles. The summed E-state index contributed by atoms with van der Waals surface area (Å²) in [5.74, 6) is 0. The Bertz CT molecular complexity index is 460. The van der Waals surface area contributed by atoms with Crippen LogP contribution in [-0.4, -0.2) is 0 Å². The van der Waals surface area contributed by atoms with E-state index in [0.29, 0.717) is 4.90 Å².